The minimum atomic E-state index is -3.83. The molecule has 0 unspecified atom stereocenters. The molecule has 0 aliphatic carbocycles. The van der Waals surface area contributed by atoms with Gasteiger partial charge in [-0.3, -0.25) is 9.78 Å². The third-order valence-electron chi connectivity index (χ3n) is 4.62. The molecule has 0 radical (unpaired) electrons. The molecule has 3 aromatic rings. The number of anilines is 1. The molecule has 0 fully saturated rings. The number of carbonyl (C=O) groups is 1. The molecule has 32 heavy (non-hydrogen) atoms. The second-order valence-corrected chi connectivity index (χ2v) is 10.2. The lowest BCUT2D eigenvalue weighted by molar-refractivity contribution is 0.0984. The Morgan fingerprint density at radius 3 is 2.34 bits per heavy atom. The molecule has 1 aromatic heterocycles. The van der Waals surface area contributed by atoms with Gasteiger partial charge in [0.05, 0.1) is 17.1 Å². The van der Waals surface area contributed by atoms with Gasteiger partial charge in [-0.25, -0.2) is 17.5 Å². The van der Waals surface area contributed by atoms with Gasteiger partial charge in [0.1, 0.15) is 5.82 Å². The van der Waals surface area contributed by atoms with Crippen LogP contribution >= 0.6 is 0 Å². The second-order valence-electron chi connectivity index (χ2n) is 8.52. The van der Waals surface area contributed by atoms with Crippen molar-refractivity contribution in [1.82, 2.24) is 9.71 Å². The molecule has 0 atom stereocenters. The third kappa shape index (κ3) is 5.77. The zero-order valence-electron chi connectivity index (χ0n) is 18.5. The van der Waals surface area contributed by atoms with Crippen molar-refractivity contribution in [3.05, 3.63) is 89.5 Å². The highest BCUT2D eigenvalue weighted by atomic mass is 32.2. The Kier molecular flexibility index (Phi) is 6.76. The molecular weight excluding hydrogens is 429 g/mol. The quantitative estimate of drug-likeness (QED) is 0.596. The standard InChI is InChI=1S/C24H26FN3O3S/c1-17-8-13-21(32(30,31)27-24(2,3)4)15-22(17)23(29)28(16-19-7-5-6-14-26-19)20-11-9-18(25)10-12-20/h5-15,27H,16H2,1-4H3. The summed E-state index contributed by atoms with van der Waals surface area (Å²) in [5, 5.41) is 0. The highest BCUT2D eigenvalue weighted by Crippen LogP contribution is 2.24. The van der Waals surface area contributed by atoms with Crippen molar-refractivity contribution in [2.24, 2.45) is 0 Å². The zero-order valence-corrected chi connectivity index (χ0v) is 19.3. The van der Waals surface area contributed by atoms with Gasteiger partial charge in [-0.2, -0.15) is 0 Å². The summed E-state index contributed by atoms with van der Waals surface area (Å²) >= 11 is 0. The number of hydrogen-bond donors (Lipinski definition) is 1. The maximum Gasteiger partial charge on any atom is 0.258 e. The summed E-state index contributed by atoms with van der Waals surface area (Å²) < 4.78 is 41.7. The van der Waals surface area contributed by atoms with E-state index >= 15 is 0 Å². The highest BCUT2D eigenvalue weighted by molar-refractivity contribution is 7.89. The molecule has 0 spiro atoms. The predicted octanol–water partition coefficient (Wildman–Crippen LogP) is 4.45. The summed E-state index contributed by atoms with van der Waals surface area (Å²) in [4.78, 5) is 19.3. The van der Waals surface area contributed by atoms with E-state index in [2.05, 4.69) is 9.71 Å². The van der Waals surface area contributed by atoms with Gasteiger partial charge in [-0.15, -0.1) is 0 Å². The Hall–Kier alpha value is -3.10. The highest BCUT2D eigenvalue weighted by Gasteiger charge is 2.26. The normalized spacial score (nSPS) is 11.9. The first-order chi connectivity index (χ1) is 15.0. The Balaban J connectivity index is 2.05. The number of carbonyl (C=O) groups excluding carboxylic acids is 1. The van der Waals surface area contributed by atoms with Crippen molar-refractivity contribution in [3.63, 3.8) is 0 Å². The molecule has 1 N–H and O–H groups in total. The molecule has 3 rings (SSSR count). The molecule has 0 saturated heterocycles. The smallest absolute Gasteiger partial charge is 0.258 e. The van der Waals surface area contributed by atoms with Crippen molar-refractivity contribution >= 4 is 21.6 Å². The lowest BCUT2D eigenvalue weighted by Gasteiger charge is -2.24. The van der Waals surface area contributed by atoms with Crippen LogP contribution in [0.3, 0.4) is 0 Å². The first kappa shape index (κ1) is 23.6. The molecule has 6 nitrogen and oxygen atoms in total. The predicted molar refractivity (Wildman–Crippen MR) is 122 cm³/mol. The van der Waals surface area contributed by atoms with E-state index in [1.54, 1.807) is 52.1 Å². The molecule has 8 heteroatoms. The molecule has 1 heterocycles. The SMILES string of the molecule is Cc1ccc(S(=O)(=O)NC(C)(C)C)cc1C(=O)N(Cc1ccccn1)c1ccc(F)cc1. The summed E-state index contributed by atoms with van der Waals surface area (Å²) in [6.07, 6.45) is 1.62. The van der Waals surface area contributed by atoms with Crippen molar-refractivity contribution in [3.8, 4) is 0 Å². The average Bonchev–Trinajstić information content (AvgIpc) is 2.71. The van der Waals surface area contributed by atoms with E-state index in [-0.39, 0.29) is 17.0 Å². The number of benzene rings is 2. The van der Waals surface area contributed by atoms with E-state index < -0.39 is 27.3 Å². The number of nitrogens with zero attached hydrogens (tertiary/aromatic N) is 2. The van der Waals surface area contributed by atoms with Crippen LogP contribution in [-0.2, 0) is 16.6 Å². The first-order valence-electron chi connectivity index (χ1n) is 10.1. The number of sulfonamides is 1. The zero-order chi connectivity index (χ0) is 23.5. The number of aromatic nitrogens is 1. The first-order valence-corrected chi connectivity index (χ1v) is 11.6. The Morgan fingerprint density at radius 1 is 1.06 bits per heavy atom. The van der Waals surface area contributed by atoms with Crippen LogP contribution in [0.15, 0.2) is 71.8 Å². The maximum absolute atomic E-state index is 13.6. The van der Waals surface area contributed by atoms with Crippen LogP contribution in [0, 0.1) is 12.7 Å². The van der Waals surface area contributed by atoms with Gasteiger partial charge in [-0.05, 0) is 81.8 Å². The van der Waals surface area contributed by atoms with Crippen LogP contribution in [0.1, 0.15) is 42.4 Å². The van der Waals surface area contributed by atoms with Crippen LogP contribution in [0.5, 0.6) is 0 Å². The molecule has 0 saturated carbocycles. The minimum Gasteiger partial charge on any atom is -0.302 e. The molecule has 0 bridgehead atoms. The van der Waals surface area contributed by atoms with E-state index in [1.807, 2.05) is 6.07 Å². The van der Waals surface area contributed by atoms with Crippen molar-refractivity contribution in [2.75, 3.05) is 4.90 Å². The number of aryl methyl sites for hydroxylation is 1. The third-order valence-corrected chi connectivity index (χ3v) is 6.38. The maximum atomic E-state index is 13.6. The average molecular weight is 456 g/mol. The number of nitrogens with one attached hydrogen (secondary N) is 1. The van der Waals surface area contributed by atoms with Crippen LogP contribution < -0.4 is 9.62 Å². The van der Waals surface area contributed by atoms with Crippen LogP contribution in [-0.4, -0.2) is 24.8 Å². The van der Waals surface area contributed by atoms with Crippen LogP contribution in [0.4, 0.5) is 10.1 Å². The van der Waals surface area contributed by atoms with Gasteiger partial charge >= 0.3 is 0 Å². The van der Waals surface area contributed by atoms with Gasteiger partial charge in [-0.1, -0.05) is 12.1 Å². The molecule has 168 valence electrons. The fourth-order valence-corrected chi connectivity index (χ4v) is 4.61. The largest absolute Gasteiger partial charge is 0.302 e. The number of rotatable bonds is 6. The van der Waals surface area contributed by atoms with Crippen molar-refractivity contribution < 1.29 is 17.6 Å². The summed E-state index contributed by atoms with van der Waals surface area (Å²) in [5.74, 6) is -0.830. The summed E-state index contributed by atoms with van der Waals surface area (Å²) in [5.41, 5.74) is 1.30. The monoisotopic (exact) mass is 455 g/mol. The fraction of sp³-hybridized carbons (Fsp3) is 0.250. The Bertz CT molecular complexity index is 1210. The summed E-state index contributed by atoms with van der Waals surface area (Å²) in [6.45, 7) is 7.11. The van der Waals surface area contributed by atoms with E-state index in [1.165, 1.54) is 41.3 Å². The van der Waals surface area contributed by atoms with E-state index in [9.17, 15) is 17.6 Å². The second kappa shape index (κ2) is 9.18. The Labute approximate surface area is 188 Å². The number of pyridine rings is 1. The number of hydrogen-bond acceptors (Lipinski definition) is 4. The van der Waals surface area contributed by atoms with E-state index in [4.69, 9.17) is 0 Å². The Morgan fingerprint density at radius 2 is 1.75 bits per heavy atom. The fourth-order valence-electron chi connectivity index (χ4n) is 3.16. The molecule has 0 aliphatic rings. The van der Waals surface area contributed by atoms with Gasteiger partial charge in [0.15, 0.2) is 0 Å². The van der Waals surface area contributed by atoms with Crippen LogP contribution in [0.2, 0.25) is 0 Å². The van der Waals surface area contributed by atoms with Crippen molar-refractivity contribution in [2.45, 2.75) is 44.7 Å². The van der Waals surface area contributed by atoms with Gasteiger partial charge in [0.25, 0.3) is 5.91 Å². The minimum absolute atomic E-state index is 0.00160. The number of halogens is 1. The van der Waals surface area contributed by atoms with Gasteiger partial charge in [0.2, 0.25) is 10.0 Å². The molecule has 0 aliphatic heterocycles. The summed E-state index contributed by atoms with van der Waals surface area (Å²) in [7, 11) is -3.83. The molecule has 2 aromatic carbocycles. The number of amides is 1. The van der Waals surface area contributed by atoms with Crippen LogP contribution in [0.25, 0.3) is 0 Å². The van der Waals surface area contributed by atoms with E-state index in [0.29, 0.717) is 16.9 Å². The van der Waals surface area contributed by atoms with Gasteiger partial charge < -0.3 is 4.90 Å². The van der Waals surface area contributed by atoms with Gasteiger partial charge in [0, 0.05) is 23.0 Å². The lowest BCUT2D eigenvalue weighted by Crippen LogP contribution is -2.40. The topological polar surface area (TPSA) is 79.4 Å². The van der Waals surface area contributed by atoms with E-state index in [0.717, 1.165) is 0 Å². The lowest BCUT2D eigenvalue weighted by atomic mass is 10.1. The van der Waals surface area contributed by atoms with Crippen molar-refractivity contribution in [1.29, 1.82) is 0 Å². The molecular formula is C24H26FN3O3S. The molecule has 1 amide bonds. The summed E-state index contributed by atoms with van der Waals surface area (Å²) in [6, 6.07) is 15.4.